The summed E-state index contributed by atoms with van der Waals surface area (Å²) in [6, 6.07) is 5.31. The Morgan fingerprint density at radius 2 is 1.79 bits per heavy atom. The third-order valence-electron chi connectivity index (χ3n) is 3.99. The number of nitrogens with one attached hydrogen (secondary N) is 2. The van der Waals surface area contributed by atoms with Gasteiger partial charge in [-0.05, 0) is 57.6 Å². The van der Waals surface area contributed by atoms with Crippen LogP contribution in [0.4, 0.5) is 4.39 Å². The van der Waals surface area contributed by atoms with E-state index in [0.717, 1.165) is 24.5 Å². The van der Waals surface area contributed by atoms with Gasteiger partial charge in [0.15, 0.2) is 5.96 Å². The number of rotatable bonds is 10. The van der Waals surface area contributed by atoms with Crippen molar-refractivity contribution < 1.29 is 4.39 Å². The molecule has 0 fully saturated rings. The van der Waals surface area contributed by atoms with Gasteiger partial charge >= 0.3 is 0 Å². The van der Waals surface area contributed by atoms with E-state index in [4.69, 9.17) is 0 Å². The van der Waals surface area contributed by atoms with Crippen molar-refractivity contribution in [3.8, 4) is 0 Å². The molecule has 1 rings (SSSR count). The van der Waals surface area contributed by atoms with Crippen LogP contribution < -0.4 is 10.6 Å². The Bertz CT molecular complexity index is 500. The number of benzene rings is 1. The van der Waals surface area contributed by atoms with Crippen molar-refractivity contribution in [2.45, 2.75) is 45.6 Å². The summed E-state index contributed by atoms with van der Waals surface area (Å²) >= 11 is 0. The highest BCUT2D eigenvalue weighted by molar-refractivity contribution is 5.79. The third kappa shape index (κ3) is 8.87. The molecule has 0 aliphatic rings. The summed E-state index contributed by atoms with van der Waals surface area (Å²) in [5, 5.41) is 6.53. The standard InChI is InChI=1S/C19H33FN4/c1-16-10-11-17(14-18(16)20)15-23-19(21-2)22-12-8-6-5-7-9-13-24(3)4/h10-11,14H,5-9,12-13,15H2,1-4H3,(H2,21,22,23). The second kappa shape index (κ2) is 11.8. The van der Waals surface area contributed by atoms with Crippen molar-refractivity contribution in [2.75, 3.05) is 34.2 Å². The predicted molar refractivity (Wildman–Crippen MR) is 101 cm³/mol. The van der Waals surface area contributed by atoms with Crippen LogP contribution in [0.5, 0.6) is 0 Å². The quantitative estimate of drug-likeness (QED) is 0.391. The Kier molecular flexibility index (Phi) is 10.1. The molecule has 136 valence electrons. The monoisotopic (exact) mass is 336 g/mol. The lowest BCUT2D eigenvalue weighted by Gasteiger charge is -2.12. The van der Waals surface area contributed by atoms with Crippen LogP contribution in [-0.4, -0.2) is 45.1 Å². The summed E-state index contributed by atoms with van der Waals surface area (Å²) in [6.45, 7) is 4.43. The maximum Gasteiger partial charge on any atom is 0.191 e. The summed E-state index contributed by atoms with van der Waals surface area (Å²) < 4.78 is 13.5. The van der Waals surface area contributed by atoms with E-state index in [0.29, 0.717) is 12.1 Å². The van der Waals surface area contributed by atoms with Gasteiger partial charge in [-0.15, -0.1) is 0 Å². The van der Waals surface area contributed by atoms with Gasteiger partial charge in [-0.25, -0.2) is 4.39 Å². The molecule has 0 bridgehead atoms. The molecule has 0 saturated heterocycles. The van der Waals surface area contributed by atoms with Gasteiger partial charge in [0.1, 0.15) is 5.82 Å². The normalized spacial score (nSPS) is 11.8. The molecule has 24 heavy (non-hydrogen) atoms. The molecule has 0 atom stereocenters. The number of hydrogen-bond acceptors (Lipinski definition) is 2. The molecule has 0 unspecified atom stereocenters. The maximum absolute atomic E-state index is 13.5. The Hall–Kier alpha value is -1.62. The minimum atomic E-state index is -0.161. The second-order valence-electron chi connectivity index (χ2n) is 6.51. The molecule has 0 heterocycles. The van der Waals surface area contributed by atoms with Gasteiger partial charge in [-0.1, -0.05) is 31.4 Å². The highest BCUT2D eigenvalue weighted by Gasteiger charge is 2.01. The average Bonchev–Trinajstić information content (AvgIpc) is 2.55. The maximum atomic E-state index is 13.5. The molecule has 0 spiro atoms. The van der Waals surface area contributed by atoms with E-state index in [2.05, 4.69) is 34.6 Å². The smallest absolute Gasteiger partial charge is 0.191 e. The molecule has 1 aromatic carbocycles. The molecule has 0 aromatic heterocycles. The van der Waals surface area contributed by atoms with Crippen LogP contribution in [0.1, 0.15) is 43.2 Å². The zero-order chi connectivity index (χ0) is 17.8. The van der Waals surface area contributed by atoms with Gasteiger partial charge in [0.2, 0.25) is 0 Å². The van der Waals surface area contributed by atoms with E-state index in [1.54, 1.807) is 26.1 Å². The van der Waals surface area contributed by atoms with E-state index >= 15 is 0 Å². The van der Waals surface area contributed by atoms with Crippen LogP contribution >= 0.6 is 0 Å². The first-order valence-corrected chi connectivity index (χ1v) is 8.87. The summed E-state index contributed by atoms with van der Waals surface area (Å²) in [4.78, 5) is 6.44. The molecule has 4 nitrogen and oxygen atoms in total. The van der Waals surface area contributed by atoms with Crippen molar-refractivity contribution in [3.63, 3.8) is 0 Å². The highest BCUT2D eigenvalue weighted by Crippen LogP contribution is 2.08. The lowest BCUT2D eigenvalue weighted by molar-refractivity contribution is 0.389. The van der Waals surface area contributed by atoms with E-state index in [1.165, 1.54) is 32.2 Å². The fraction of sp³-hybridized carbons (Fsp3) is 0.632. The molecule has 0 aliphatic heterocycles. The van der Waals surface area contributed by atoms with Crippen LogP contribution in [0.2, 0.25) is 0 Å². The number of hydrogen-bond donors (Lipinski definition) is 2. The Morgan fingerprint density at radius 3 is 2.46 bits per heavy atom. The number of unbranched alkanes of at least 4 members (excludes halogenated alkanes) is 4. The van der Waals surface area contributed by atoms with Crippen molar-refractivity contribution in [2.24, 2.45) is 4.99 Å². The first kappa shape index (κ1) is 20.4. The van der Waals surface area contributed by atoms with Crippen molar-refractivity contribution in [3.05, 3.63) is 35.1 Å². The van der Waals surface area contributed by atoms with Crippen LogP contribution in [0.3, 0.4) is 0 Å². The van der Waals surface area contributed by atoms with E-state index in [9.17, 15) is 4.39 Å². The SMILES string of the molecule is CN=C(NCCCCCCCN(C)C)NCc1ccc(C)c(F)c1. The Morgan fingerprint density at radius 1 is 1.08 bits per heavy atom. The molecular formula is C19H33FN4. The minimum absolute atomic E-state index is 0.161. The third-order valence-corrected chi connectivity index (χ3v) is 3.99. The fourth-order valence-electron chi connectivity index (χ4n) is 2.44. The van der Waals surface area contributed by atoms with Crippen molar-refractivity contribution in [1.82, 2.24) is 15.5 Å². The molecule has 2 N–H and O–H groups in total. The zero-order valence-electron chi connectivity index (χ0n) is 15.7. The molecule has 0 saturated carbocycles. The summed E-state index contributed by atoms with van der Waals surface area (Å²) in [7, 11) is 5.99. The summed E-state index contributed by atoms with van der Waals surface area (Å²) in [5.74, 6) is 0.607. The first-order chi connectivity index (χ1) is 11.5. The van der Waals surface area contributed by atoms with Gasteiger partial charge in [0, 0.05) is 20.1 Å². The fourth-order valence-corrected chi connectivity index (χ4v) is 2.44. The predicted octanol–water partition coefficient (Wildman–Crippen LogP) is 3.31. The lowest BCUT2D eigenvalue weighted by Crippen LogP contribution is -2.37. The first-order valence-electron chi connectivity index (χ1n) is 8.87. The van der Waals surface area contributed by atoms with Gasteiger partial charge in [0.25, 0.3) is 0 Å². The minimum Gasteiger partial charge on any atom is -0.356 e. The number of aliphatic imine (C=N–C) groups is 1. The van der Waals surface area contributed by atoms with Crippen LogP contribution in [0.25, 0.3) is 0 Å². The summed E-state index contributed by atoms with van der Waals surface area (Å²) in [6.07, 6.45) is 6.23. The molecule has 1 aromatic rings. The largest absolute Gasteiger partial charge is 0.356 e. The highest BCUT2D eigenvalue weighted by atomic mass is 19.1. The van der Waals surface area contributed by atoms with E-state index < -0.39 is 0 Å². The molecule has 5 heteroatoms. The van der Waals surface area contributed by atoms with Crippen LogP contribution in [0, 0.1) is 12.7 Å². The van der Waals surface area contributed by atoms with Gasteiger partial charge in [-0.3, -0.25) is 4.99 Å². The topological polar surface area (TPSA) is 39.7 Å². The molecule has 0 radical (unpaired) electrons. The lowest BCUT2D eigenvalue weighted by atomic mass is 10.1. The van der Waals surface area contributed by atoms with Crippen molar-refractivity contribution >= 4 is 5.96 Å². The van der Waals surface area contributed by atoms with Crippen LogP contribution in [-0.2, 0) is 6.54 Å². The average molecular weight is 336 g/mol. The van der Waals surface area contributed by atoms with Crippen LogP contribution in [0.15, 0.2) is 23.2 Å². The number of aryl methyl sites for hydroxylation is 1. The number of guanidine groups is 1. The van der Waals surface area contributed by atoms with Gasteiger partial charge in [-0.2, -0.15) is 0 Å². The number of nitrogens with zero attached hydrogens (tertiary/aromatic N) is 2. The van der Waals surface area contributed by atoms with E-state index in [1.807, 2.05) is 6.07 Å². The Balaban J connectivity index is 2.13. The van der Waals surface area contributed by atoms with Gasteiger partial charge < -0.3 is 15.5 Å². The molecule has 0 amide bonds. The van der Waals surface area contributed by atoms with Gasteiger partial charge in [0.05, 0.1) is 0 Å². The molecule has 0 aliphatic carbocycles. The molecular weight excluding hydrogens is 303 g/mol. The Labute approximate surface area is 146 Å². The zero-order valence-corrected chi connectivity index (χ0v) is 15.7. The number of halogens is 1. The van der Waals surface area contributed by atoms with E-state index in [-0.39, 0.29) is 5.82 Å². The summed E-state index contributed by atoms with van der Waals surface area (Å²) in [5.41, 5.74) is 1.59. The van der Waals surface area contributed by atoms with Crippen molar-refractivity contribution in [1.29, 1.82) is 0 Å². The second-order valence-corrected chi connectivity index (χ2v) is 6.51.